The smallest absolute Gasteiger partial charge is 0.420 e. The SMILES string of the molecule is O=C1NCCO1.O=C1OCCN1Sc1ccc(F)cc1. The number of alkyl carbamates (subject to hydrolysis) is 1. The Bertz CT molecular complexity index is 475. The lowest BCUT2D eigenvalue weighted by molar-refractivity contribution is 0.171. The number of hydrogen-bond acceptors (Lipinski definition) is 5. The quantitative estimate of drug-likeness (QED) is 0.846. The molecule has 3 rings (SSSR count). The van der Waals surface area contributed by atoms with Gasteiger partial charge in [-0.25, -0.2) is 18.3 Å². The molecule has 2 aliphatic rings. The van der Waals surface area contributed by atoms with Crippen molar-refractivity contribution in [3.63, 3.8) is 0 Å². The highest BCUT2D eigenvalue weighted by Crippen LogP contribution is 2.25. The summed E-state index contributed by atoms with van der Waals surface area (Å²) in [5.41, 5.74) is 0. The summed E-state index contributed by atoms with van der Waals surface area (Å²) >= 11 is 1.26. The van der Waals surface area contributed by atoms with Crippen molar-refractivity contribution in [3.05, 3.63) is 30.1 Å². The van der Waals surface area contributed by atoms with Gasteiger partial charge >= 0.3 is 12.2 Å². The fourth-order valence-electron chi connectivity index (χ4n) is 1.43. The third-order valence-electron chi connectivity index (χ3n) is 2.36. The van der Waals surface area contributed by atoms with Gasteiger partial charge in [0.1, 0.15) is 19.0 Å². The lowest BCUT2D eigenvalue weighted by Gasteiger charge is -2.10. The van der Waals surface area contributed by atoms with Gasteiger partial charge in [0.2, 0.25) is 0 Å². The average Bonchev–Trinajstić information content (AvgIpc) is 3.06. The van der Waals surface area contributed by atoms with E-state index in [-0.39, 0.29) is 18.0 Å². The van der Waals surface area contributed by atoms with Gasteiger partial charge in [-0.3, -0.25) is 0 Å². The Hall–Kier alpha value is -1.96. The summed E-state index contributed by atoms with van der Waals surface area (Å²) in [6.45, 7) is 2.19. The van der Waals surface area contributed by atoms with Crippen molar-refractivity contribution >= 4 is 24.1 Å². The first kappa shape index (κ1) is 14.4. The van der Waals surface area contributed by atoms with E-state index >= 15 is 0 Å². The Morgan fingerprint density at radius 1 is 1.15 bits per heavy atom. The van der Waals surface area contributed by atoms with Crippen LogP contribution in [-0.4, -0.2) is 42.8 Å². The van der Waals surface area contributed by atoms with Crippen LogP contribution in [0.25, 0.3) is 0 Å². The zero-order valence-corrected chi connectivity index (χ0v) is 11.3. The summed E-state index contributed by atoms with van der Waals surface area (Å²) in [4.78, 5) is 21.8. The maximum absolute atomic E-state index is 12.6. The van der Waals surface area contributed by atoms with Gasteiger partial charge in [0, 0.05) is 4.90 Å². The fraction of sp³-hybridized carbons (Fsp3) is 0.333. The first-order chi connectivity index (χ1) is 9.65. The molecule has 108 valence electrons. The molecule has 0 aromatic heterocycles. The number of amides is 2. The summed E-state index contributed by atoms with van der Waals surface area (Å²) < 4.78 is 23.2. The van der Waals surface area contributed by atoms with E-state index in [1.54, 1.807) is 12.1 Å². The minimum atomic E-state index is -0.334. The molecule has 2 amide bonds. The molecule has 0 atom stereocenters. The van der Waals surface area contributed by atoms with Crippen molar-refractivity contribution in [2.24, 2.45) is 0 Å². The Morgan fingerprint density at radius 3 is 2.35 bits per heavy atom. The van der Waals surface area contributed by atoms with Crippen LogP contribution < -0.4 is 5.32 Å². The van der Waals surface area contributed by atoms with Crippen LogP contribution in [0, 0.1) is 5.82 Å². The molecule has 2 fully saturated rings. The molecule has 1 aromatic rings. The topological polar surface area (TPSA) is 67.9 Å². The van der Waals surface area contributed by atoms with E-state index in [9.17, 15) is 14.0 Å². The first-order valence-corrected chi connectivity index (χ1v) is 6.71. The average molecular weight is 300 g/mol. The number of nitrogens with one attached hydrogen (secondary N) is 1. The van der Waals surface area contributed by atoms with Gasteiger partial charge < -0.3 is 14.8 Å². The van der Waals surface area contributed by atoms with Gasteiger partial charge in [-0.15, -0.1) is 0 Å². The summed E-state index contributed by atoms with van der Waals surface area (Å²) in [5.74, 6) is -0.279. The molecule has 1 N–H and O–H groups in total. The van der Waals surface area contributed by atoms with Gasteiger partial charge in [0.25, 0.3) is 0 Å². The van der Waals surface area contributed by atoms with E-state index in [2.05, 4.69) is 10.1 Å². The number of carbonyl (C=O) groups is 2. The number of carbonyl (C=O) groups excluding carboxylic acids is 2. The largest absolute Gasteiger partial charge is 0.448 e. The maximum atomic E-state index is 12.6. The minimum Gasteiger partial charge on any atom is -0.448 e. The van der Waals surface area contributed by atoms with Crippen LogP contribution in [0.15, 0.2) is 29.2 Å². The predicted molar refractivity (Wildman–Crippen MR) is 69.7 cm³/mol. The summed E-state index contributed by atoms with van der Waals surface area (Å²) in [6, 6.07) is 5.99. The van der Waals surface area contributed by atoms with Crippen LogP contribution in [-0.2, 0) is 9.47 Å². The van der Waals surface area contributed by atoms with Gasteiger partial charge in [0.05, 0.1) is 13.1 Å². The van der Waals surface area contributed by atoms with Gasteiger partial charge in [0.15, 0.2) is 0 Å². The van der Waals surface area contributed by atoms with Crippen LogP contribution in [0.5, 0.6) is 0 Å². The second kappa shape index (κ2) is 6.99. The third-order valence-corrected chi connectivity index (χ3v) is 3.39. The van der Waals surface area contributed by atoms with Crippen molar-refractivity contribution in [1.29, 1.82) is 0 Å². The zero-order valence-electron chi connectivity index (χ0n) is 10.5. The molecule has 2 aliphatic heterocycles. The van der Waals surface area contributed by atoms with Crippen LogP contribution >= 0.6 is 11.9 Å². The van der Waals surface area contributed by atoms with Crippen molar-refractivity contribution < 1.29 is 23.5 Å². The molecule has 0 spiro atoms. The number of cyclic esters (lactones) is 2. The molecular formula is C12H13FN2O4S. The van der Waals surface area contributed by atoms with Crippen molar-refractivity contribution in [2.75, 3.05) is 26.3 Å². The number of benzene rings is 1. The normalized spacial score (nSPS) is 16.9. The van der Waals surface area contributed by atoms with Crippen molar-refractivity contribution in [3.8, 4) is 0 Å². The number of hydrogen-bond donors (Lipinski definition) is 1. The van der Waals surface area contributed by atoms with E-state index in [4.69, 9.17) is 4.74 Å². The number of ether oxygens (including phenoxy) is 2. The number of rotatable bonds is 2. The van der Waals surface area contributed by atoms with E-state index in [0.29, 0.717) is 26.3 Å². The highest BCUT2D eigenvalue weighted by atomic mass is 32.2. The second-order valence-electron chi connectivity index (χ2n) is 3.82. The Kier molecular flexibility index (Phi) is 5.05. The molecule has 0 unspecified atom stereocenters. The first-order valence-electron chi connectivity index (χ1n) is 5.93. The zero-order chi connectivity index (χ0) is 14.4. The van der Waals surface area contributed by atoms with E-state index in [1.165, 1.54) is 28.4 Å². The third kappa shape index (κ3) is 4.30. The van der Waals surface area contributed by atoms with Gasteiger partial charge in [-0.2, -0.15) is 0 Å². The van der Waals surface area contributed by atoms with Crippen LogP contribution in [0.3, 0.4) is 0 Å². The van der Waals surface area contributed by atoms with E-state index < -0.39 is 0 Å². The van der Waals surface area contributed by atoms with Gasteiger partial charge in [-0.05, 0) is 36.2 Å². The summed E-state index contributed by atoms with van der Waals surface area (Å²) in [7, 11) is 0. The van der Waals surface area contributed by atoms with Crippen LogP contribution in [0.2, 0.25) is 0 Å². The van der Waals surface area contributed by atoms with E-state index in [0.717, 1.165) is 4.90 Å². The Balaban J connectivity index is 0.000000205. The summed E-state index contributed by atoms with van der Waals surface area (Å²) in [5, 5.41) is 2.46. The molecule has 0 radical (unpaired) electrons. The molecule has 2 saturated heterocycles. The minimum absolute atomic E-state index is 0.279. The van der Waals surface area contributed by atoms with Crippen molar-refractivity contribution in [1.82, 2.24) is 9.62 Å². The molecule has 6 nitrogen and oxygen atoms in total. The number of halogens is 1. The van der Waals surface area contributed by atoms with Gasteiger partial charge in [-0.1, -0.05) is 0 Å². The predicted octanol–water partition coefficient (Wildman–Crippen LogP) is 2.01. The summed E-state index contributed by atoms with van der Waals surface area (Å²) in [6.07, 6.45) is -0.630. The lowest BCUT2D eigenvalue weighted by atomic mass is 10.4. The Labute approximate surface area is 119 Å². The fourth-order valence-corrected chi connectivity index (χ4v) is 2.24. The van der Waals surface area contributed by atoms with Crippen molar-refractivity contribution in [2.45, 2.75) is 4.90 Å². The molecular weight excluding hydrogens is 287 g/mol. The molecule has 2 heterocycles. The molecule has 0 aliphatic carbocycles. The van der Waals surface area contributed by atoms with E-state index in [1.807, 2.05) is 0 Å². The molecule has 0 saturated carbocycles. The molecule has 0 bridgehead atoms. The lowest BCUT2D eigenvalue weighted by Crippen LogP contribution is -2.14. The highest BCUT2D eigenvalue weighted by molar-refractivity contribution is 7.97. The molecule has 8 heteroatoms. The molecule has 1 aromatic carbocycles. The van der Waals surface area contributed by atoms with Crippen LogP contribution in [0.4, 0.5) is 14.0 Å². The number of nitrogens with zero attached hydrogens (tertiary/aromatic N) is 1. The Morgan fingerprint density at radius 2 is 1.90 bits per heavy atom. The van der Waals surface area contributed by atoms with Crippen LogP contribution in [0.1, 0.15) is 0 Å². The highest BCUT2D eigenvalue weighted by Gasteiger charge is 2.22. The standard InChI is InChI=1S/C9H8FNO2S.C3H5NO2/c10-7-1-3-8(4-2-7)14-11-5-6-13-9(11)12;5-3-4-1-2-6-3/h1-4H,5-6H2;1-2H2,(H,4,5). The maximum Gasteiger partial charge on any atom is 0.420 e. The molecule has 20 heavy (non-hydrogen) atoms. The monoisotopic (exact) mass is 300 g/mol. The second-order valence-corrected chi connectivity index (χ2v) is 4.92.